The van der Waals surface area contributed by atoms with Gasteiger partial charge in [0.15, 0.2) is 0 Å². The summed E-state index contributed by atoms with van der Waals surface area (Å²) < 4.78 is 5.01. The van der Waals surface area contributed by atoms with Gasteiger partial charge in [-0.1, -0.05) is 18.2 Å². The number of methoxy groups -OCH3 is 1. The third-order valence-electron chi connectivity index (χ3n) is 3.33. The highest BCUT2D eigenvalue weighted by Crippen LogP contribution is 2.17. The summed E-state index contributed by atoms with van der Waals surface area (Å²) in [5, 5.41) is 4.61. The Morgan fingerprint density at radius 1 is 1.20 bits per heavy atom. The zero-order valence-electron chi connectivity index (χ0n) is 12.3. The number of hydrogen-bond acceptors (Lipinski definition) is 4. The molecule has 2 rings (SSSR count). The molecule has 1 heterocycles. The van der Waals surface area contributed by atoms with E-state index in [1.807, 2.05) is 12.3 Å². The highest BCUT2D eigenvalue weighted by molar-refractivity contribution is 5.81. The van der Waals surface area contributed by atoms with E-state index in [0.717, 1.165) is 38.3 Å². The monoisotopic (exact) mass is 273 g/mol. The minimum atomic E-state index is 0.763. The van der Waals surface area contributed by atoms with Gasteiger partial charge in [-0.15, -0.1) is 0 Å². The van der Waals surface area contributed by atoms with E-state index >= 15 is 0 Å². The van der Waals surface area contributed by atoms with Gasteiger partial charge >= 0.3 is 0 Å². The van der Waals surface area contributed by atoms with Gasteiger partial charge in [-0.2, -0.15) is 0 Å². The van der Waals surface area contributed by atoms with Crippen LogP contribution < -0.4 is 5.32 Å². The van der Waals surface area contributed by atoms with Crippen LogP contribution in [0.3, 0.4) is 0 Å². The molecule has 1 aromatic heterocycles. The number of nitrogens with zero attached hydrogens (tertiary/aromatic N) is 2. The first-order chi connectivity index (χ1) is 9.81. The maximum atomic E-state index is 5.01. The van der Waals surface area contributed by atoms with E-state index in [1.54, 1.807) is 7.11 Å². The second kappa shape index (κ2) is 7.94. The maximum Gasteiger partial charge on any atom is 0.0705 e. The van der Waals surface area contributed by atoms with Crippen molar-refractivity contribution in [3.8, 4) is 0 Å². The Kier molecular flexibility index (Phi) is 5.92. The first-order valence-corrected chi connectivity index (χ1v) is 7.02. The van der Waals surface area contributed by atoms with Crippen molar-refractivity contribution < 1.29 is 4.74 Å². The third kappa shape index (κ3) is 4.27. The number of para-hydroxylation sites is 1. The maximum absolute atomic E-state index is 5.01. The van der Waals surface area contributed by atoms with E-state index in [0.29, 0.717) is 0 Å². The van der Waals surface area contributed by atoms with E-state index in [2.05, 4.69) is 46.5 Å². The van der Waals surface area contributed by atoms with E-state index in [1.165, 1.54) is 10.9 Å². The van der Waals surface area contributed by atoms with Crippen molar-refractivity contribution in [2.45, 2.75) is 6.54 Å². The lowest BCUT2D eigenvalue weighted by Crippen LogP contribution is -2.30. The minimum Gasteiger partial charge on any atom is -0.383 e. The van der Waals surface area contributed by atoms with Gasteiger partial charge in [-0.3, -0.25) is 4.98 Å². The molecule has 0 aliphatic heterocycles. The molecule has 0 aliphatic rings. The summed E-state index contributed by atoms with van der Waals surface area (Å²) in [5.74, 6) is 0. The van der Waals surface area contributed by atoms with Gasteiger partial charge in [0.2, 0.25) is 0 Å². The highest BCUT2D eigenvalue weighted by Gasteiger charge is 2.04. The van der Waals surface area contributed by atoms with Crippen molar-refractivity contribution in [3.63, 3.8) is 0 Å². The second-order valence-corrected chi connectivity index (χ2v) is 4.97. The lowest BCUT2D eigenvalue weighted by atomic mass is 10.1. The third-order valence-corrected chi connectivity index (χ3v) is 3.33. The molecule has 20 heavy (non-hydrogen) atoms. The van der Waals surface area contributed by atoms with Crippen LogP contribution in [-0.4, -0.2) is 50.3 Å². The van der Waals surface area contributed by atoms with Crippen LogP contribution in [0.2, 0.25) is 0 Å². The fourth-order valence-corrected chi connectivity index (χ4v) is 2.23. The second-order valence-electron chi connectivity index (χ2n) is 4.97. The SMILES string of the molecule is COCCNCCN(C)Cc1ccnc2ccccc12. The van der Waals surface area contributed by atoms with Gasteiger partial charge in [0.05, 0.1) is 12.1 Å². The van der Waals surface area contributed by atoms with Gasteiger partial charge in [0.25, 0.3) is 0 Å². The lowest BCUT2D eigenvalue weighted by Gasteiger charge is -2.18. The molecule has 0 bridgehead atoms. The van der Waals surface area contributed by atoms with E-state index in [9.17, 15) is 0 Å². The number of nitrogens with one attached hydrogen (secondary N) is 1. The number of likely N-dealkylation sites (N-methyl/N-ethyl adjacent to an activating group) is 1. The van der Waals surface area contributed by atoms with Crippen LogP contribution in [0, 0.1) is 0 Å². The minimum absolute atomic E-state index is 0.763. The van der Waals surface area contributed by atoms with Crippen LogP contribution in [0.25, 0.3) is 10.9 Å². The number of rotatable bonds is 8. The predicted octanol–water partition coefficient (Wildman–Crippen LogP) is 1.90. The van der Waals surface area contributed by atoms with Gasteiger partial charge in [0.1, 0.15) is 0 Å². The molecule has 0 unspecified atom stereocenters. The molecule has 1 aromatic carbocycles. The largest absolute Gasteiger partial charge is 0.383 e. The summed E-state index contributed by atoms with van der Waals surface area (Å²) in [6.07, 6.45) is 1.89. The Bertz CT molecular complexity index is 525. The molecule has 1 N–H and O–H groups in total. The Balaban J connectivity index is 1.88. The number of benzene rings is 1. The normalized spacial score (nSPS) is 11.3. The Labute approximate surface area is 120 Å². The molecule has 2 aromatic rings. The fraction of sp³-hybridized carbons (Fsp3) is 0.438. The number of ether oxygens (including phenoxy) is 1. The van der Waals surface area contributed by atoms with Gasteiger partial charge < -0.3 is 15.0 Å². The number of aromatic nitrogens is 1. The lowest BCUT2D eigenvalue weighted by molar-refractivity contribution is 0.197. The fourth-order valence-electron chi connectivity index (χ4n) is 2.23. The first kappa shape index (κ1) is 14.9. The van der Waals surface area contributed by atoms with Crippen LogP contribution >= 0.6 is 0 Å². The molecule has 0 aliphatic carbocycles. The van der Waals surface area contributed by atoms with Gasteiger partial charge in [-0.05, 0) is 24.7 Å². The molecule has 4 nitrogen and oxygen atoms in total. The van der Waals surface area contributed by atoms with Gasteiger partial charge in [-0.25, -0.2) is 0 Å². The predicted molar refractivity (Wildman–Crippen MR) is 82.8 cm³/mol. The van der Waals surface area contributed by atoms with Crippen molar-refractivity contribution in [1.82, 2.24) is 15.2 Å². The molecule has 0 radical (unpaired) electrons. The molecule has 0 amide bonds. The Morgan fingerprint density at radius 2 is 2.05 bits per heavy atom. The first-order valence-electron chi connectivity index (χ1n) is 7.02. The summed E-state index contributed by atoms with van der Waals surface area (Å²) in [5.41, 5.74) is 2.40. The summed E-state index contributed by atoms with van der Waals surface area (Å²) in [7, 11) is 3.87. The van der Waals surface area contributed by atoms with E-state index < -0.39 is 0 Å². The van der Waals surface area contributed by atoms with Crippen LogP contribution in [0.4, 0.5) is 0 Å². The summed E-state index contributed by atoms with van der Waals surface area (Å²) in [6, 6.07) is 10.4. The zero-order chi connectivity index (χ0) is 14.2. The van der Waals surface area contributed by atoms with Crippen molar-refractivity contribution in [2.24, 2.45) is 0 Å². The number of pyridine rings is 1. The molecular formula is C16H23N3O. The molecule has 0 saturated carbocycles. The standard InChI is InChI=1S/C16H23N3O/c1-19(11-9-17-10-12-20-2)13-14-7-8-18-16-6-4-3-5-15(14)16/h3-8,17H,9-13H2,1-2H3. The molecule has 108 valence electrons. The van der Waals surface area contributed by atoms with Crippen LogP contribution in [0.15, 0.2) is 36.5 Å². The molecule has 4 heteroatoms. The van der Waals surface area contributed by atoms with Gasteiger partial charge in [0, 0.05) is 44.9 Å². The van der Waals surface area contributed by atoms with Crippen molar-refractivity contribution in [1.29, 1.82) is 0 Å². The topological polar surface area (TPSA) is 37.4 Å². The van der Waals surface area contributed by atoms with E-state index in [4.69, 9.17) is 4.74 Å². The summed E-state index contributed by atoms with van der Waals surface area (Å²) in [4.78, 5) is 6.72. The number of hydrogen-bond donors (Lipinski definition) is 1. The number of fused-ring (bicyclic) bond motifs is 1. The van der Waals surface area contributed by atoms with Crippen LogP contribution in [0.1, 0.15) is 5.56 Å². The Hall–Kier alpha value is -1.49. The zero-order valence-corrected chi connectivity index (χ0v) is 12.3. The smallest absolute Gasteiger partial charge is 0.0705 e. The van der Waals surface area contributed by atoms with Crippen molar-refractivity contribution in [3.05, 3.63) is 42.1 Å². The Morgan fingerprint density at radius 3 is 2.90 bits per heavy atom. The quantitative estimate of drug-likeness (QED) is 0.746. The molecule has 0 fully saturated rings. The summed E-state index contributed by atoms with van der Waals surface area (Å²) in [6.45, 7) is 4.60. The van der Waals surface area contributed by atoms with E-state index in [-0.39, 0.29) is 0 Å². The van der Waals surface area contributed by atoms with Crippen LogP contribution in [-0.2, 0) is 11.3 Å². The molecule has 0 atom stereocenters. The molecule has 0 spiro atoms. The van der Waals surface area contributed by atoms with Crippen molar-refractivity contribution in [2.75, 3.05) is 40.4 Å². The average Bonchev–Trinajstić information content (AvgIpc) is 2.47. The molecular weight excluding hydrogens is 250 g/mol. The summed E-state index contributed by atoms with van der Waals surface area (Å²) >= 11 is 0. The highest BCUT2D eigenvalue weighted by atomic mass is 16.5. The average molecular weight is 273 g/mol. The van der Waals surface area contributed by atoms with Crippen molar-refractivity contribution >= 4 is 10.9 Å². The molecule has 0 saturated heterocycles. The van der Waals surface area contributed by atoms with Crippen LogP contribution in [0.5, 0.6) is 0 Å².